The fourth-order valence-electron chi connectivity index (χ4n) is 3.01. The van der Waals surface area contributed by atoms with Crippen molar-refractivity contribution in [2.24, 2.45) is 0 Å². The van der Waals surface area contributed by atoms with Gasteiger partial charge in [0.05, 0.1) is 13.7 Å². The van der Waals surface area contributed by atoms with E-state index in [2.05, 4.69) is 30.7 Å². The van der Waals surface area contributed by atoms with Crippen molar-refractivity contribution in [1.82, 2.24) is 9.88 Å². The highest BCUT2D eigenvalue weighted by Crippen LogP contribution is 2.20. The second kappa shape index (κ2) is 7.47. The molecule has 0 atom stereocenters. The molecule has 2 aromatic rings. The normalized spacial score (nSPS) is 11.0. The van der Waals surface area contributed by atoms with Crippen molar-refractivity contribution in [2.45, 2.75) is 40.3 Å². The van der Waals surface area contributed by atoms with Crippen LogP contribution >= 0.6 is 0 Å². The number of hydrogen-bond acceptors (Lipinski definition) is 3. The zero-order valence-corrected chi connectivity index (χ0v) is 14.6. The third-order valence-corrected chi connectivity index (χ3v) is 4.07. The van der Waals surface area contributed by atoms with Crippen LogP contribution in [0.15, 0.2) is 30.3 Å². The molecule has 23 heavy (non-hydrogen) atoms. The highest BCUT2D eigenvalue weighted by Gasteiger charge is 2.16. The topological polar surface area (TPSA) is 43.3 Å². The number of Topliss-reactive ketones (excluding diaryl/α,β-unsaturated/α-hetero) is 1. The molecule has 1 aromatic heterocycles. The van der Waals surface area contributed by atoms with E-state index in [1.54, 1.807) is 7.11 Å². The van der Waals surface area contributed by atoms with Gasteiger partial charge in [0.15, 0.2) is 5.78 Å². The molecule has 1 aromatic carbocycles. The van der Waals surface area contributed by atoms with Crippen molar-refractivity contribution >= 4 is 5.78 Å². The summed E-state index contributed by atoms with van der Waals surface area (Å²) in [4.78, 5) is 12.4. The summed E-state index contributed by atoms with van der Waals surface area (Å²) in [7, 11) is 1.65. The van der Waals surface area contributed by atoms with Crippen molar-refractivity contribution < 1.29 is 9.53 Å². The van der Waals surface area contributed by atoms with Gasteiger partial charge in [-0.1, -0.05) is 12.1 Å². The van der Waals surface area contributed by atoms with E-state index < -0.39 is 0 Å². The Hall–Kier alpha value is -2.07. The van der Waals surface area contributed by atoms with Crippen LogP contribution in [0, 0.1) is 13.8 Å². The smallest absolute Gasteiger partial charge is 0.178 e. The van der Waals surface area contributed by atoms with Gasteiger partial charge >= 0.3 is 0 Å². The minimum atomic E-state index is 0.138. The Bertz CT molecular complexity index is 669. The molecule has 0 spiro atoms. The molecule has 0 aliphatic heterocycles. The van der Waals surface area contributed by atoms with Gasteiger partial charge in [-0.25, -0.2) is 0 Å². The minimum absolute atomic E-state index is 0.138. The number of carbonyl (C=O) groups excluding carboxylic acids is 1. The van der Waals surface area contributed by atoms with E-state index in [0.717, 1.165) is 28.3 Å². The first kappa shape index (κ1) is 17.3. The number of methoxy groups -OCH3 is 1. The maximum absolute atomic E-state index is 12.4. The van der Waals surface area contributed by atoms with E-state index in [1.807, 2.05) is 37.3 Å². The number of hydrogen-bond donors (Lipinski definition) is 1. The Morgan fingerprint density at radius 2 is 1.87 bits per heavy atom. The number of nitrogens with zero attached hydrogens (tertiary/aromatic N) is 1. The summed E-state index contributed by atoms with van der Waals surface area (Å²) in [5, 5.41) is 3.22. The molecule has 1 heterocycles. The number of aryl methyl sites for hydroxylation is 1. The number of ketones is 1. The second-order valence-electron chi connectivity index (χ2n) is 6.12. The van der Waals surface area contributed by atoms with Gasteiger partial charge in [-0.05, 0) is 51.5 Å². The Labute approximate surface area is 138 Å². The van der Waals surface area contributed by atoms with Crippen molar-refractivity contribution in [2.75, 3.05) is 13.7 Å². The van der Waals surface area contributed by atoms with Gasteiger partial charge in [0.25, 0.3) is 0 Å². The summed E-state index contributed by atoms with van der Waals surface area (Å²) in [5.41, 5.74) is 4.13. The number of ether oxygens (including phenoxy) is 1. The summed E-state index contributed by atoms with van der Waals surface area (Å²) in [6, 6.07) is 10.2. The molecule has 0 saturated carbocycles. The molecule has 2 rings (SSSR count). The van der Waals surface area contributed by atoms with Crippen LogP contribution in [-0.4, -0.2) is 24.0 Å². The van der Waals surface area contributed by atoms with E-state index in [9.17, 15) is 4.79 Å². The maximum Gasteiger partial charge on any atom is 0.178 e. The molecule has 0 bridgehead atoms. The highest BCUT2D eigenvalue weighted by molar-refractivity contribution is 5.99. The molecule has 0 fully saturated rings. The van der Waals surface area contributed by atoms with Gasteiger partial charge in [0.2, 0.25) is 0 Å². The Morgan fingerprint density at radius 3 is 2.39 bits per heavy atom. The third kappa shape index (κ3) is 4.02. The number of rotatable bonds is 7. The summed E-state index contributed by atoms with van der Waals surface area (Å²) in [5.74, 6) is 0.976. The van der Waals surface area contributed by atoms with Crippen molar-refractivity contribution in [3.8, 4) is 5.75 Å². The van der Waals surface area contributed by atoms with Gasteiger partial charge in [-0.3, -0.25) is 4.79 Å². The van der Waals surface area contributed by atoms with Gasteiger partial charge < -0.3 is 14.6 Å². The Kier molecular flexibility index (Phi) is 5.61. The molecule has 4 nitrogen and oxygen atoms in total. The predicted octanol–water partition coefficient (Wildman–Crippen LogP) is 3.67. The molecule has 124 valence electrons. The number of aromatic nitrogens is 1. The van der Waals surface area contributed by atoms with Crippen LogP contribution in [-0.2, 0) is 6.54 Å². The largest absolute Gasteiger partial charge is 0.497 e. The summed E-state index contributed by atoms with van der Waals surface area (Å²) in [6.45, 7) is 9.34. The van der Waals surface area contributed by atoms with Crippen molar-refractivity contribution in [3.63, 3.8) is 0 Å². The number of nitrogens with one attached hydrogen (secondary N) is 1. The fourth-order valence-corrected chi connectivity index (χ4v) is 3.01. The van der Waals surface area contributed by atoms with E-state index in [0.29, 0.717) is 19.1 Å². The number of carbonyl (C=O) groups is 1. The standard InChI is InChI=1S/C19H26N2O2/c1-13(2)21-14(3)10-18(15(21)4)19(22)12-20-11-16-6-8-17(23-5)9-7-16/h6-10,13,20H,11-12H2,1-5H3. The zero-order valence-electron chi connectivity index (χ0n) is 14.6. The van der Waals surface area contributed by atoms with Crippen LogP contribution in [0.1, 0.15) is 47.2 Å². The van der Waals surface area contributed by atoms with Gasteiger partial charge in [-0.2, -0.15) is 0 Å². The molecule has 0 saturated heterocycles. The average molecular weight is 314 g/mol. The SMILES string of the molecule is COc1ccc(CNCC(=O)c2cc(C)n(C(C)C)c2C)cc1. The first-order chi connectivity index (χ1) is 10.9. The monoisotopic (exact) mass is 314 g/mol. The molecule has 0 radical (unpaired) electrons. The number of benzene rings is 1. The predicted molar refractivity (Wildman–Crippen MR) is 93.3 cm³/mol. The van der Waals surface area contributed by atoms with Crippen LogP contribution in [0.3, 0.4) is 0 Å². The van der Waals surface area contributed by atoms with Crippen LogP contribution in [0.4, 0.5) is 0 Å². The van der Waals surface area contributed by atoms with Crippen LogP contribution in [0.2, 0.25) is 0 Å². The van der Waals surface area contributed by atoms with Crippen LogP contribution < -0.4 is 10.1 Å². The molecule has 0 unspecified atom stereocenters. The molecule has 0 amide bonds. The lowest BCUT2D eigenvalue weighted by Gasteiger charge is -2.13. The fraction of sp³-hybridized carbons (Fsp3) is 0.421. The molecule has 4 heteroatoms. The minimum Gasteiger partial charge on any atom is -0.497 e. The van der Waals surface area contributed by atoms with Crippen LogP contribution in [0.25, 0.3) is 0 Å². The van der Waals surface area contributed by atoms with E-state index in [1.165, 1.54) is 0 Å². The Balaban J connectivity index is 1.96. The quantitative estimate of drug-likeness (QED) is 0.793. The van der Waals surface area contributed by atoms with E-state index in [-0.39, 0.29) is 5.78 Å². The Morgan fingerprint density at radius 1 is 1.22 bits per heavy atom. The van der Waals surface area contributed by atoms with Crippen molar-refractivity contribution in [3.05, 3.63) is 52.8 Å². The van der Waals surface area contributed by atoms with Gasteiger partial charge in [0, 0.05) is 29.5 Å². The third-order valence-electron chi connectivity index (χ3n) is 4.07. The molecular formula is C19H26N2O2. The molecule has 0 aliphatic rings. The molecular weight excluding hydrogens is 288 g/mol. The second-order valence-corrected chi connectivity index (χ2v) is 6.12. The molecule has 1 N–H and O–H groups in total. The molecule has 0 aliphatic carbocycles. The van der Waals surface area contributed by atoms with Gasteiger partial charge in [0.1, 0.15) is 5.75 Å². The first-order valence-corrected chi connectivity index (χ1v) is 7.99. The highest BCUT2D eigenvalue weighted by atomic mass is 16.5. The maximum atomic E-state index is 12.4. The van der Waals surface area contributed by atoms with E-state index in [4.69, 9.17) is 4.74 Å². The summed E-state index contributed by atoms with van der Waals surface area (Å²) >= 11 is 0. The van der Waals surface area contributed by atoms with Crippen LogP contribution in [0.5, 0.6) is 5.75 Å². The van der Waals surface area contributed by atoms with Gasteiger partial charge in [-0.15, -0.1) is 0 Å². The lowest BCUT2D eigenvalue weighted by atomic mass is 10.1. The average Bonchev–Trinajstić information content (AvgIpc) is 2.82. The van der Waals surface area contributed by atoms with E-state index >= 15 is 0 Å². The van der Waals surface area contributed by atoms with Crippen molar-refractivity contribution in [1.29, 1.82) is 0 Å². The first-order valence-electron chi connectivity index (χ1n) is 7.99. The summed E-state index contributed by atoms with van der Waals surface area (Å²) < 4.78 is 7.34. The summed E-state index contributed by atoms with van der Waals surface area (Å²) in [6.07, 6.45) is 0. The lowest BCUT2D eigenvalue weighted by molar-refractivity contribution is 0.0990. The lowest BCUT2D eigenvalue weighted by Crippen LogP contribution is -2.23. The zero-order chi connectivity index (χ0) is 17.0.